The van der Waals surface area contributed by atoms with Crippen molar-refractivity contribution in [2.24, 2.45) is 0 Å². The van der Waals surface area contributed by atoms with Gasteiger partial charge in [-0.3, -0.25) is 0 Å². The molecule has 84 valence electrons. The van der Waals surface area contributed by atoms with Gasteiger partial charge in [0, 0.05) is 0 Å². The van der Waals surface area contributed by atoms with Crippen LogP contribution in [0.4, 0.5) is 0 Å². The van der Waals surface area contributed by atoms with Gasteiger partial charge in [0.25, 0.3) is 0 Å². The van der Waals surface area contributed by atoms with Gasteiger partial charge in [-0.25, -0.2) is 0 Å². The van der Waals surface area contributed by atoms with Crippen LogP contribution >= 0.6 is 0 Å². The molecule has 0 rings (SSSR count). The van der Waals surface area contributed by atoms with Crippen LogP contribution < -0.4 is 24.8 Å². The molecular formula is C11H23AlCl2. The van der Waals surface area contributed by atoms with Gasteiger partial charge in [0.2, 0.25) is 0 Å². The van der Waals surface area contributed by atoms with Gasteiger partial charge in [-0.2, -0.15) is 0 Å². The van der Waals surface area contributed by atoms with Crippen molar-refractivity contribution >= 4 is 16.3 Å². The summed E-state index contributed by atoms with van der Waals surface area (Å²) in [6.45, 7) is 2.28. The molecule has 0 radical (unpaired) electrons. The molecule has 0 amide bonds. The van der Waals surface area contributed by atoms with Crippen LogP contribution in [0.25, 0.3) is 0 Å². The van der Waals surface area contributed by atoms with E-state index in [9.17, 15) is 0 Å². The quantitative estimate of drug-likeness (QED) is 0.333. The van der Waals surface area contributed by atoms with Gasteiger partial charge in [-0.05, 0) is 0 Å². The van der Waals surface area contributed by atoms with Crippen molar-refractivity contribution in [3.63, 3.8) is 0 Å². The summed E-state index contributed by atoms with van der Waals surface area (Å²) in [5.74, 6) is 0. The first-order valence-corrected chi connectivity index (χ1v) is 6.43. The molecule has 0 aromatic carbocycles. The van der Waals surface area contributed by atoms with Crippen LogP contribution in [-0.2, 0) is 0 Å². The number of halogens is 2. The number of unbranched alkanes of at least 4 members (excludes halogenated alkanes) is 8. The summed E-state index contributed by atoms with van der Waals surface area (Å²) in [5.41, 5.74) is 0. The fraction of sp³-hybridized carbons (Fsp3) is 1.00. The Balaban J connectivity index is -0.000000605. The maximum atomic E-state index is 2.80. The minimum absolute atomic E-state index is 0. The van der Waals surface area contributed by atoms with Crippen molar-refractivity contribution in [1.82, 2.24) is 0 Å². The second kappa shape index (κ2) is 19.6. The van der Waals surface area contributed by atoms with Crippen molar-refractivity contribution in [1.29, 1.82) is 0 Å². The maximum absolute atomic E-state index is 2.80. The van der Waals surface area contributed by atoms with Crippen LogP contribution in [0.5, 0.6) is 0 Å². The Morgan fingerprint density at radius 2 is 1.00 bits per heavy atom. The van der Waals surface area contributed by atoms with Gasteiger partial charge in [0.15, 0.2) is 0 Å². The van der Waals surface area contributed by atoms with Crippen LogP contribution in [0.15, 0.2) is 0 Å². The standard InChI is InChI=1S/C11H23.Al.2ClH/c1-3-5-7-9-11-10-8-6-4-2;;;/h1,3-11H2,2H3;;2*1H/q;+2;;/p-2. The average Bonchev–Trinajstić information content (AvgIpc) is 2.10. The fourth-order valence-corrected chi connectivity index (χ4v) is 1.74. The van der Waals surface area contributed by atoms with Crippen molar-refractivity contribution in [3.05, 3.63) is 0 Å². The molecule has 0 aromatic rings. The van der Waals surface area contributed by atoms with E-state index in [2.05, 4.69) is 23.2 Å². The molecular weight excluding hydrogens is 230 g/mol. The third-order valence-corrected chi connectivity index (χ3v) is 2.72. The Labute approximate surface area is 111 Å². The van der Waals surface area contributed by atoms with Gasteiger partial charge >= 0.3 is 86.3 Å². The van der Waals surface area contributed by atoms with Crippen LogP contribution in [0.1, 0.15) is 64.7 Å². The molecule has 0 aromatic heterocycles. The third kappa shape index (κ3) is 18.8. The van der Waals surface area contributed by atoms with E-state index in [1.165, 1.54) is 63.1 Å². The molecule has 0 saturated carbocycles. The molecule has 3 heteroatoms. The maximum Gasteiger partial charge on any atom is -1.00 e. The molecule has 0 fully saturated rings. The van der Waals surface area contributed by atoms with E-state index in [1.807, 2.05) is 0 Å². The van der Waals surface area contributed by atoms with E-state index in [0.29, 0.717) is 0 Å². The molecule has 0 bridgehead atoms. The van der Waals surface area contributed by atoms with E-state index < -0.39 is 0 Å². The molecule has 0 spiro atoms. The fourth-order valence-electron chi connectivity index (χ4n) is 1.45. The zero-order valence-corrected chi connectivity index (χ0v) is 12.1. The van der Waals surface area contributed by atoms with E-state index in [-0.39, 0.29) is 24.8 Å². The Morgan fingerprint density at radius 1 is 0.643 bits per heavy atom. The first-order valence-electron chi connectivity index (χ1n) is 5.62. The zero-order chi connectivity index (χ0) is 9.07. The monoisotopic (exact) mass is 252 g/mol. The summed E-state index contributed by atoms with van der Waals surface area (Å²) < 4.78 is 0. The van der Waals surface area contributed by atoms with Crippen LogP contribution in [0.2, 0.25) is 5.28 Å². The predicted molar refractivity (Wildman–Crippen MR) is 57.8 cm³/mol. The van der Waals surface area contributed by atoms with E-state index in [0.717, 1.165) is 0 Å². The molecule has 0 nitrogen and oxygen atoms in total. The van der Waals surface area contributed by atoms with Crippen molar-refractivity contribution in [3.8, 4) is 0 Å². The number of hydrogen-bond acceptors (Lipinski definition) is 0. The molecule has 0 aliphatic rings. The minimum Gasteiger partial charge on any atom is -1.00 e. The summed E-state index contributed by atoms with van der Waals surface area (Å²) in [4.78, 5) is 0. The van der Waals surface area contributed by atoms with Gasteiger partial charge in [-0.1, -0.05) is 0 Å². The Bertz CT molecular complexity index is 69.7. The molecule has 0 heterocycles. The van der Waals surface area contributed by atoms with Crippen LogP contribution in [-0.4, -0.2) is 16.3 Å². The van der Waals surface area contributed by atoms with Gasteiger partial charge in [0.1, 0.15) is 0 Å². The first-order chi connectivity index (χ1) is 5.91. The van der Waals surface area contributed by atoms with Crippen molar-refractivity contribution in [2.45, 2.75) is 70.0 Å². The van der Waals surface area contributed by atoms with Crippen LogP contribution in [0.3, 0.4) is 0 Å². The molecule has 0 aliphatic heterocycles. The predicted octanol–water partition coefficient (Wildman–Crippen LogP) is -1.89. The normalized spacial score (nSPS) is 9.07. The Morgan fingerprint density at radius 3 is 1.36 bits per heavy atom. The molecule has 0 N–H and O–H groups in total. The molecule has 0 aliphatic carbocycles. The van der Waals surface area contributed by atoms with Crippen molar-refractivity contribution < 1.29 is 24.8 Å². The second-order valence-electron chi connectivity index (χ2n) is 3.62. The van der Waals surface area contributed by atoms with Gasteiger partial charge < -0.3 is 24.8 Å². The van der Waals surface area contributed by atoms with E-state index in [1.54, 1.807) is 0 Å². The zero-order valence-electron chi connectivity index (χ0n) is 9.40. The summed E-state index contributed by atoms with van der Waals surface area (Å²) in [5, 5.41) is 1.29. The summed E-state index contributed by atoms with van der Waals surface area (Å²) in [6.07, 6.45) is 13.0. The first kappa shape index (κ1) is 20.5. The average molecular weight is 253 g/mol. The van der Waals surface area contributed by atoms with Crippen LogP contribution in [0, 0.1) is 0 Å². The van der Waals surface area contributed by atoms with Crippen molar-refractivity contribution in [2.75, 3.05) is 0 Å². The molecule has 14 heavy (non-hydrogen) atoms. The largest absolute Gasteiger partial charge is 1.00 e. The number of rotatable bonds is 9. The summed E-state index contributed by atoms with van der Waals surface area (Å²) in [7, 11) is 0. The SMILES string of the molecule is CCCCCCCCCC[CH2][Al+2].[Cl-].[Cl-]. The molecule has 0 saturated heterocycles. The van der Waals surface area contributed by atoms with E-state index >= 15 is 0 Å². The Hall–Kier alpha value is 1.11. The van der Waals surface area contributed by atoms with Gasteiger partial charge in [-0.15, -0.1) is 0 Å². The third-order valence-electron chi connectivity index (χ3n) is 2.31. The topological polar surface area (TPSA) is 0 Å². The minimum atomic E-state index is 0. The molecule has 0 atom stereocenters. The number of hydrogen-bond donors (Lipinski definition) is 0. The second-order valence-corrected chi connectivity index (χ2v) is 4.19. The summed E-state index contributed by atoms with van der Waals surface area (Å²) >= 11 is 2.80. The van der Waals surface area contributed by atoms with Gasteiger partial charge in [0.05, 0.1) is 0 Å². The smallest absolute Gasteiger partial charge is 1.00 e. The molecule has 0 unspecified atom stereocenters. The Kier molecular flexibility index (Phi) is 28.8. The summed E-state index contributed by atoms with van der Waals surface area (Å²) in [6, 6.07) is 0. The van der Waals surface area contributed by atoms with E-state index in [4.69, 9.17) is 0 Å².